The normalized spacial score (nSPS) is 12.6. The second-order valence-corrected chi connectivity index (χ2v) is 8.04. The molecule has 1 rings (SSSR count). The van der Waals surface area contributed by atoms with Gasteiger partial charge in [-0.15, -0.1) is 11.3 Å². The average Bonchev–Trinajstić information content (AvgIpc) is 2.75. The van der Waals surface area contributed by atoms with Crippen LogP contribution in [0.25, 0.3) is 0 Å². The Hall–Kier alpha value is -0.430. The van der Waals surface area contributed by atoms with Gasteiger partial charge in [0, 0.05) is 12.6 Å². The van der Waals surface area contributed by atoms with Crippen molar-refractivity contribution < 1.29 is 13.5 Å². The average molecular weight is 319 g/mol. The molecule has 0 fully saturated rings. The molecule has 0 spiro atoms. The quantitative estimate of drug-likeness (QED) is 0.749. The summed E-state index contributed by atoms with van der Waals surface area (Å²) in [5.74, 6) is 0. The van der Waals surface area contributed by atoms with Crippen molar-refractivity contribution in [2.75, 3.05) is 6.54 Å². The van der Waals surface area contributed by atoms with E-state index in [9.17, 15) is 13.5 Å². The van der Waals surface area contributed by atoms with Crippen LogP contribution in [0.1, 0.15) is 50.5 Å². The second kappa shape index (κ2) is 7.54. The molecule has 0 aliphatic carbocycles. The van der Waals surface area contributed by atoms with Gasteiger partial charge in [-0.2, -0.15) is 4.31 Å². The SMILES string of the molecule is CCCCCN(C(C)C)S(=O)(=O)c1c(C)csc1CO. The molecule has 1 aromatic rings. The summed E-state index contributed by atoms with van der Waals surface area (Å²) in [4.78, 5) is 0.832. The Labute approximate surface area is 126 Å². The Bertz CT molecular complexity index is 521. The Balaban J connectivity index is 3.13. The summed E-state index contributed by atoms with van der Waals surface area (Å²) in [6.07, 6.45) is 2.95. The van der Waals surface area contributed by atoms with Gasteiger partial charge in [0.1, 0.15) is 4.90 Å². The maximum absolute atomic E-state index is 12.9. The van der Waals surface area contributed by atoms with E-state index in [1.807, 2.05) is 13.8 Å². The number of rotatable bonds is 8. The summed E-state index contributed by atoms with van der Waals surface area (Å²) in [6.45, 7) is 7.98. The Morgan fingerprint density at radius 1 is 1.35 bits per heavy atom. The van der Waals surface area contributed by atoms with Gasteiger partial charge in [-0.3, -0.25) is 0 Å². The van der Waals surface area contributed by atoms with Crippen LogP contribution in [0.15, 0.2) is 10.3 Å². The van der Waals surface area contributed by atoms with Crippen LogP contribution in [0, 0.1) is 6.92 Å². The van der Waals surface area contributed by atoms with E-state index < -0.39 is 10.0 Å². The van der Waals surface area contributed by atoms with Gasteiger partial charge >= 0.3 is 0 Å². The maximum atomic E-state index is 12.9. The molecule has 0 bridgehead atoms. The lowest BCUT2D eigenvalue weighted by molar-refractivity contribution is 0.281. The first kappa shape index (κ1) is 17.6. The minimum atomic E-state index is -3.53. The van der Waals surface area contributed by atoms with Crippen molar-refractivity contribution >= 4 is 21.4 Å². The van der Waals surface area contributed by atoms with Crippen molar-refractivity contribution in [3.63, 3.8) is 0 Å². The molecule has 0 aromatic carbocycles. The Morgan fingerprint density at radius 2 is 2.00 bits per heavy atom. The number of aliphatic hydroxyl groups excluding tert-OH is 1. The molecule has 1 N–H and O–H groups in total. The van der Waals surface area contributed by atoms with Crippen LogP contribution in [0.4, 0.5) is 0 Å². The largest absolute Gasteiger partial charge is 0.391 e. The predicted molar refractivity (Wildman–Crippen MR) is 83.5 cm³/mol. The van der Waals surface area contributed by atoms with Crippen molar-refractivity contribution in [1.82, 2.24) is 4.31 Å². The van der Waals surface area contributed by atoms with Gasteiger partial charge in [0.05, 0.1) is 11.5 Å². The van der Waals surface area contributed by atoms with Crippen LogP contribution in [0.2, 0.25) is 0 Å². The van der Waals surface area contributed by atoms with Crippen LogP contribution >= 0.6 is 11.3 Å². The summed E-state index contributed by atoms with van der Waals surface area (Å²) in [6, 6.07) is -0.0808. The standard InChI is InChI=1S/C14H25NO3S2/c1-5-6-7-8-15(11(2)3)20(17,18)14-12(4)10-19-13(14)9-16/h10-11,16H,5-9H2,1-4H3. The lowest BCUT2D eigenvalue weighted by atomic mass is 10.2. The molecule has 0 radical (unpaired) electrons. The molecule has 0 aliphatic heterocycles. The molecule has 0 saturated carbocycles. The van der Waals surface area contributed by atoms with Crippen LogP contribution in [-0.4, -0.2) is 30.4 Å². The molecule has 1 aromatic heterocycles. The van der Waals surface area contributed by atoms with E-state index in [2.05, 4.69) is 6.92 Å². The smallest absolute Gasteiger partial charge is 0.244 e. The second-order valence-electron chi connectivity index (χ2n) is 5.25. The van der Waals surface area contributed by atoms with Gasteiger partial charge in [0.15, 0.2) is 0 Å². The summed E-state index contributed by atoms with van der Waals surface area (Å²) < 4.78 is 27.3. The number of aryl methyl sites for hydroxylation is 1. The van der Waals surface area contributed by atoms with Gasteiger partial charge in [-0.25, -0.2) is 8.42 Å². The van der Waals surface area contributed by atoms with E-state index in [1.54, 1.807) is 16.6 Å². The molecule has 0 aliphatic rings. The van der Waals surface area contributed by atoms with Crippen molar-refractivity contribution in [2.24, 2.45) is 0 Å². The monoisotopic (exact) mass is 319 g/mol. The zero-order chi connectivity index (χ0) is 15.3. The van der Waals surface area contributed by atoms with E-state index in [0.717, 1.165) is 24.8 Å². The number of unbranched alkanes of at least 4 members (excludes halogenated alkanes) is 2. The number of aliphatic hydroxyl groups is 1. The number of hydrogen-bond donors (Lipinski definition) is 1. The fourth-order valence-corrected chi connectivity index (χ4v) is 5.53. The van der Waals surface area contributed by atoms with Crippen molar-refractivity contribution in [2.45, 2.75) is 64.5 Å². The molecule has 1 heterocycles. The van der Waals surface area contributed by atoms with Crippen molar-refractivity contribution in [3.05, 3.63) is 15.8 Å². The van der Waals surface area contributed by atoms with E-state index in [1.165, 1.54) is 11.3 Å². The molecular weight excluding hydrogens is 294 g/mol. The molecule has 20 heavy (non-hydrogen) atoms. The highest BCUT2D eigenvalue weighted by molar-refractivity contribution is 7.89. The van der Waals surface area contributed by atoms with E-state index in [-0.39, 0.29) is 12.6 Å². The minimum absolute atomic E-state index is 0.0808. The van der Waals surface area contributed by atoms with E-state index >= 15 is 0 Å². The third-order valence-electron chi connectivity index (χ3n) is 3.26. The van der Waals surface area contributed by atoms with Crippen molar-refractivity contribution in [1.29, 1.82) is 0 Å². The zero-order valence-electron chi connectivity index (χ0n) is 12.7. The van der Waals surface area contributed by atoms with Crippen molar-refractivity contribution in [3.8, 4) is 0 Å². The summed E-state index contributed by atoms with van der Waals surface area (Å²) in [7, 11) is -3.53. The lowest BCUT2D eigenvalue weighted by Gasteiger charge is -2.26. The fraction of sp³-hybridized carbons (Fsp3) is 0.714. The number of thiophene rings is 1. The molecule has 6 heteroatoms. The molecular formula is C14H25NO3S2. The van der Waals surface area contributed by atoms with E-state index in [4.69, 9.17) is 0 Å². The first-order valence-electron chi connectivity index (χ1n) is 7.05. The van der Waals surface area contributed by atoms with Crippen LogP contribution in [0.3, 0.4) is 0 Å². The molecule has 0 unspecified atom stereocenters. The van der Waals surface area contributed by atoms with Gasteiger partial charge in [-0.1, -0.05) is 19.8 Å². The first-order valence-corrected chi connectivity index (χ1v) is 9.37. The topological polar surface area (TPSA) is 57.6 Å². The third kappa shape index (κ3) is 3.81. The molecule has 0 amide bonds. The summed E-state index contributed by atoms with van der Waals surface area (Å²) in [5, 5.41) is 11.2. The highest BCUT2D eigenvalue weighted by Gasteiger charge is 2.31. The molecule has 0 atom stereocenters. The van der Waals surface area contributed by atoms with Crippen LogP contribution in [0.5, 0.6) is 0 Å². The van der Waals surface area contributed by atoms with Gasteiger partial charge in [-0.05, 0) is 38.1 Å². The lowest BCUT2D eigenvalue weighted by Crippen LogP contribution is -2.38. The minimum Gasteiger partial charge on any atom is -0.391 e. The predicted octanol–water partition coefficient (Wildman–Crippen LogP) is 3.14. The van der Waals surface area contributed by atoms with Gasteiger partial charge in [0.2, 0.25) is 10.0 Å². The van der Waals surface area contributed by atoms with Crippen LogP contribution in [-0.2, 0) is 16.6 Å². The number of sulfonamides is 1. The molecule has 116 valence electrons. The third-order valence-corrected chi connectivity index (χ3v) is 6.78. The summed E-state index contributed by atoms with van der Waals surface area (Å²) >= 11 is 1.30. The summed E-state index contributed by atoms with van der Waals surface area (Å²) in [5.41, 5.74) is 0.722. The van der Waals surface area contributed by atoms with E-state index in [0.29, 0.717) is 16.3 Å². The molecule has 0 saturated heterocycles. The number of nitrogens with zero attached hydrogens (tertiary/aromatic N) is 1. The maximum Gasteiger partial charge on any atom is 0.244 e. The first-order chi connectivity index (χ1) is 9.36. The fourth-order valence-electron chi connectivity index (χ4n) is 2.23. The van der Waals surface area contributed by atoms with Gasteiger partial charge < -0.3 is 5.11 Å². The Morgan fingerprint density at radius 3 is 2.50 bits per heavy atom. The Kier molecular flexibility index (Phi) is 6.64. The highest BCUT2D eigenvalue weighted by Crippen LogP contribution is 2.30. The highest BCUT2D eigenvalue weighted by atomic mass is 32.2. The zero-order valence-corrected chi connectivity index (χ0v) is 14.4. The van der Waals surface area contributed by atoms with Gasteiger partial charge in [0.25, 0.3) is 0 Å². The number of hydrogen-bond acceptors (Lipinski definition) is 4. The molecule has 4 nitrogen and oxygen atoms in total. The van der Waals surface area contributed by atoms with Crippen LogP contribution < -0.4 is 0 Å².